The third kappa shape index (κ3) is 1.88. The second-order valence-corrected chi connectivity index (χ2v) is 5.52. The molecule has 3 rings (SSSR count). The van der Waals surface area contributed by atoms with Crippen molar-refractivity contribution >= 4 is 23.4 Å². The second kappa shape index (κ2) is 4.65. The first-order valence-corrected chi connectivity index (χ1v) is 7.08. The quantitative estimate of drug-likeness (QED) is 0.779. The Labute approximate surface area is 109 Å². The Bertz CT molecular complexity index is 588. The van der Waals surface area contributed by atoms with Crippen LogP contribution in [0.1, 0.15) is 28.4 Å². The van der Waals surface area contributed by atoms with Gasteiger partial charge in [0.2, 0.25) is 0 Å². The molecule has 1 fully saturated rings. The van der Waals surface area contributed by atoms with Gasteiger partial charge in [0, 0.05) is 24.1 Å². The maximum Gasteiger partial charge on any atom is 0.341 e. The maximum atomic E-state index is 11.7. The molecule has 18 heavy (non-hydrogen) atoms. The van der Waals surface area contributed by atoms with E-state index in [1.807, 2.05) is 34.6 Å². The predicted octanol–water partition coefficient (Wildman–Crippen LogP) is 2.34. The van der Waals surface area contributed by atoms with Crippen LogP contribution in [0, 0.1) is 0 Å². The molecular formula is C13H14N2O2S. The fourth-order valence-electron chi connectivity index (χ4n) is 2.27. The Morgan fingerprint density at radius 1 is 1.61 bits per heavy atom. The molecule has 0 bridgehead atoms. The van der Waals surface area contributed by atoms with E-state index < -0.39 is 0 Å². The van der Waals surface area contributed by atoms with Crippen LogP contribution in [-0.2, 0) is 4.74 Å². The number of carbonyl (C=O) groups is 1. The minimum atomic E-state index is -0.335. The number of thioether (sulfide) groups is 1. The molecule has 0 spiro atoms. The Morgan fingerprint density at radius 2 is 2.50 bits per heavy atom. The third-order valence-corrected chi connectivity index (χ3v) is 4.42. The fourth-order valence-corrected chi connectivity index (χ4v) is 3.51. The van der Waals surface area contributed by atoms with Gasteiger partial charge in [-0.2, -0.15) is 11.8 Å². The molecule has 2 aromatic heterocycles. The molecular weight excluding hydrogens is 248 g/mol. The number of fused-ring (bicyclic) bond motifs is 1. The Morgan fingerprint density at radius 3 is 3.22 bits per heavy atom. The fraction of sp³-hybridized carbons (Fsp3) is 0.385. The van der Waals surface area contributed by atoms with Crippen LogP contribution in [0.4, 0.5) is 0 Å². The lowest BCUT2D eigenvalue weighted by atomic mass is 10.1. The van der Waals surface area contributed by atoms with Gasteiger partial charge in [0.25, 0.3) is 0 Å². The first kappa shape index (κ1) is 11.6. The van der Waals surface area contributed by atoms with E-state index in [2.05, 4.69) is 4.98 Å². The number of esters is 1. The van der Waals surface area contributed by atoms with Crippen molar-refractivity contribution in [1.29, 1.82) is 0 Å². The highest BCUT2D eigenvalue weighted by Crippen LogP contribution is 2.32. The Balaban J connectivity index is 2.08. The topological polar surface area (TPSA) is 43.6 Å². The van der Waals surface area contributed by atoms with Crippen LogP contribution in [0.15, 0.2) is 24.5 Å². The molecule has 1 saturated heterocycles. The summed E-state index contributed by atoms with van der Waals surface area (Å²) in [7, 11) is 1.39. The van der Waals surface area contributed by atoms with Crippen molar-refractivity contribution in [2.45, 2.75) is 12.3 Å². The summed E-state index contributed by atoms with van der Waals surface area (Å²) in [6, 6.07) is 3.59. The number of hydrogen-bond acceptors (Lipinski definition) is 4. The lowest BCUT2D eigenvalue weighted by molar-refractivity contribution is 0.0602. The Hall–Kier alpha value is -1.49. The summed E-state index contributed by atoms with van der Waals surface area (Å²) in [6.07, 6.45) is 5.11. The van der Waals surface area contributed by atoms with Gasteiger partial charge < -0.3 is 9.14 Å². The number of carbonyl (C=O) groups excluding carboxylic acids is 1. The van der Waals surface area contributed by atoms with Crippen molar-refractivity contribution in [1.82, 2.24) is 9.38 Å². The van der Waals surface area contributed by atoms with E-state index in [0.717, 1.165) is 11.4 Å². The molecule has 0 aliphatic carbocycles. The highest BCUT2D eigenvalue weighted by molar-refractivity contribution is 7.99. The van der Waals surface area contributed by atoms with E-state index in [-0.39, 0.29) is 5.97 Å². The van der Waals surface area contributed by atoms with Crippen LogP contribution in [0.5, 0.6) is 0 Å². The number of ether oxygens (including phenoxy) is 1. The molecule has 0 radical (unpaired) electrons. The second-order valence-electron chi connectivity index (χ2n) is 4.37. The smallest absolute Gasteiger partial charge is 0.341 e. The summed E-state index contributed by atoms with van der Waals surface area (Å²) in [4.78, 5) is 16.3. The number of pyridine rings is 1. The van der Waals surface area contributed by atoms with Crippen molar-refractivity contribution in [3.8, 4) is 0 Å². The van der Waals surface area contributed by atoms with Gasteiger partial charge in [0.15, 0.2) is 5.65 Å². The first-order valence-electron chi connectivity index (χ1n) is 5.93. The van der Waals surface area contributed by atoms with Gasteiger partial charge in [-0.1, -0.05) is 0 Å². The number of aromatic nitrogens is 2. The van der Waals surface area contributed by atoms with E-state index in [0.29, 0.717) is 17.1 Å². The van der Waals surface area contributed by atoms with Crippen LogP contribution >= 0.6 is 11.8 Å². The van der Waals surface area contributed by atoms with Gasteiger partial charge in [-0.3, -0.25) is 0 Å². The van der Waals surface area contributed by atoms with E-state index in [9.17, 15) is 4.79 Å². The highest BCUT2D eigenvalue weighted by atomic mass is 32.2. The van der Waals surface area contributed by atoms with Gasteiger partial charge >= 0.3 is 5.97 Å². The highest BCUT2D eigenvalue weighted by Gasteiger charge is 2.21. The molecule has 0 amide bonds. The molecule has 5 heteroatoms. The molecule has 0 saturated carbocycles. The molecule has 0 aromatic carbocycles. The lowest BCUT2D eigenvalue weighted by Gasteiger charge is -2.01. The van der Waals surface area contributed by atoms with Crippen LogP contribution in [-0.4, -0.2) is 34.0 Å². The van der Waals surface area contributed by atoms with Crippen molar-refractivity contribution in [2.75, 3.05) is 18.6 Å². The summed E-state index contributed by atoms with van der Waals surface area (Å²) in [5.41, 5.74) is 2.30. The normalized spacial score (nSPS) is 19.3. The number of nitrogens with zero attached hydrogens (tertiary/aromatic N) is 2. The first-order chi connectivity index (χ1) is 8.79. The van der Waals surface area contributed by atoms with Gasteiger partial charge in [0.05, 0.1) is 12.8 Å². The van der Waals surface area contributed by atoms with Crippen molar-refractivity contribution in [3.63, 3.8) is 0 Å². The van der Waals surface area contributed by atoms with Gasteiger partial charge in [0.1, 0.15) is 5.56 Å². The molecule has 1 aliphatic rings. The Kier molecular flexibility index (Phi) is 2.99. The van der Waals surface area contributed by atoms with E-state index in [1.54, 1.807) is 6.07 Å². The van der Waals surface area contributed by atoms with E-state index >= 15 is 0 Å². The number of rotatable bonds is 2. The zero-order chi connectivity index (χ0) is 12.5. The molecule has 1 unspecified atom stereocenters. The van der Waals surface area contributed by atoms with Crippen molar-refractivity contribution in [2.24, 2.45) is 0 Å². The summed E-state index contributed by atoms with van der Waals surface area (Å²) in [5.74, 6) is 2.50. The summed E-state index contributed by atoms with van der Waals surface area (Å²) >= 11 is 1.96. The van der Waals surface area contributed by atoms with Crippen LogP contribution < -0.4 is 0 Å². The molecule has 4 nitrogen and oxygen atoms in total. The van der Waals surface area contributed by atoms with E-state index in [4.69, 9.17) is 4.74 Å². The van der Waals surface area contributed by atoms with Crippen LogP contribution in [0.3, 0.4) is 0 Å². The maximum absolute atomic E-state index is 11.7. The molecule has 2 aromatic rings. The summed E-state index contributed by atoms with van der Waals surface area (Å²) in [5, 5.41) is 0. The number of hydrogen-bond donors (Lipinski definition) is 0. The summed E-state index contributed by atoms with van der Waals surface area (Å²) in [6.45, 7) is 0. The standard InChI is InChI=1S/C13H14N2O2S/c1-17-13(16)10-3-2-5-15-7-11(14-12(10)15)9-4-6-18-8-9/h2-3,5,7,9H,4,6,8H2,1H3. The molecule has 1 aliphatic heterocycles. The summed E-state index contributed by atoms with van der Waals surface area (Å²) < 4.78 is 6.69. The van der Waals surface area contributed by atoms with Gasteiger partial charge in [-0.15, -0.1) is 0 Å². The van der Waals surface area contributed by atoms with Gasteiger partial charge in [-0.05, 0) is 24.3 Å². The SMILES string of the molecule is COC(=O)c1cccn2cc(C3CCSC3)nc12. The predicted molar refractivity (Wildman–Crippen MR) is 71.2 cm³/mol. The molecule has 94 valence electrons. The minimum absolute atomic E-state index is 0.335. The monoisotopic (exact) mass is 262 g/mol. The zero-order valence-corrected chi connectivity index (χ0v) is 10.9. The average Bonchev–Trinajstić information content (AvgIpc) is 3.04. The molecule has 3 heterocycles. The van der Waals surface area contributed by atoms with E-state index in [1.165, 1.54) is 19.3 Å². The molecule has 1 atom stereocenters. The zero-order valence-electron chi connectivity index (χ0n) is 10.1. The minimum Gasteiger partial charge on any atom is -0.465 e. The lowest BCUT2D eigenvalue weighted by Crippen LogP contribution is -2.03. The average molecular weight is 262 g/mol. The molecule has 0 N–H and O–H groups in total. The number of methoxy groups -OCH3 is 1. The van der Waals surface area contributed by atoms with Crippen molar-refractivity contribution < 1.29 is 9.53 Å². The van der Waals surface area contributed by atoms with Gasteiger partial charge in [-0.25, -0.2) is 9.78 Å². The number of imidazole rings is 1. The van der Waals surface area contributed by atoms with Crippen LogP contribution in [0.2, 0.25) is 0 Å². The third-order valence-electron chi connectivity index (χ3n) is 3.25. The van der Waals surface area contributed by atoms with Crippen molar-refractivity contribution in [3.05, 3.63) is 35.8 Å². The largest absolute Gasteiger partial charge is 0.465 e. The van der Waals surface area contributed by atoms with Crippen LogP contribution in [0.25, 0.3) is 5.65 Å².